The lowest BCUT2D eigenvalue weighted by Crippen LogP contribution is -2.37. The molecule has 0 atom stereocenters. The number of rotatable bonds is 5. The van der Waals surface area contributed by atoms with Crippen LogP contribution in [-0.2, 0) is 11.3 Å². The van der Waals surface area contributed by atoms with Crippen LogP contribution in [0, 0.1) is 0 Å². The largest absolute Gasteiger partial charge is 0.504 e. The molecule has 0 fully saturated rings. The molecule has 0 bridgehead atoms. The Labute approximate surface area is 173 Å². The van der Waals surface area contributed by atoms with Crippen molar-refractivity contribution in [1.29, 1.82) is 0 Å². The van der Waals surface area contributed by atoms with Crippen LogP contribution in [0.1, 0.15) is 21.5 Å². The van der Waals surface area contributed by atoms with Gasteiger partial charge in [-0.15, -0.1) is 0 Å². The Morgan fingerprint density at radius 1 is 0.933 bits per heavy atom. The molecule has 30 heavy (non-hydrogen) atoms. The second-order valence-electron chi connectivity index (χ2n) is 6.85. The van der Waals surface area contributed by atoms with Crippen molar-refractivity contribution in [3.05, 3.63) is 89.6 Å². The van der Waals surface area contributed by atoms with E-state index in [-0.39, 0.29) is 5.75 Å². The minimum atomic E-state index is -0.456. The number of carbonyl (C=O) groups is 2. The van der Waals surface area contributed by atoms with Crippen LogP contribution >= 0.6 is 0 Å². The monoisotopic (exact) mass is 400 g/mol. The van der Waals surface area contributed by atoms with Crippen LogP contribution < -0.4 is 15.4 Å². The summed E-state index contributed by atoms with van der Waals surface area (Å²) in [5.41, 5.74) is 4.14. The van der Waals surface area contributed by atoms with Crippen LogP contribution in [0.3, 0.4) is 0 Å². The Bertz CT molecular complexity index is 1150. The molecule has 1 aliphatic heterocycles. The van der Waals surface area contributed by atoms with Crippen molar-refractivity contribution < 1.29 is 19.4 Å². The Hall–Kier alpha value is -4.06. The molecule has 0 saturated heterocycles. The average molecular weight is 400 g/mol. The first-order chi connectivity index (χ1) is 14.6. The molecular formula is C24H20N2O4. The van der Waals surface area contributed by atoms with Crippen molar-refractivity contribution in [3.8, 4) is 22.6 Å². The predicted octanol–water partition coefficient (Wildman–Crippen LogP) is 3.47. The number of carbonyl (C=O) groups excluding carboxylic acids is 2. The minimum Gasteiger partial charge on any atom is -0.504 e. The van der Waals surface area contributed by atoms with Gasteiger partial charge in [-0.2, -0.15) is 0 Å². The molecule has 0 spiro atoms. The third-order valence-corrected chi connectivity index (χ3v) is 4.93. The maximum Gasteiger partial charge on any atom is 0.260 e. The summed E-state index contributed by atoms with van der Waals surface area (Å²) >= 11 is 0. The molecule has 0 aromatic heterocycles. The molecule has 1 heterocycles. The summed E-state index contributed by atoms with van der Waals surface area (Å²) in [7, 11) is 1.49. The molecular weight excluding hydrogens is 380 g/mol. The molecule has 0 unspecified atom stereocenters. The summed E-state index contributed by atoms with van der Waals surface area (Å²) in [6.07, 6.45) is 1.59. The quantitative estimate of drug-likeness (QED) is 0.451. The molecule has 3 N–H and O–H groups in total. The Morgan fingerprint density at radius 2 is 1.73 bits per heavy atom. The number of hydrogen-bond acceptors (Lipinski definition) is 5. The van der Waals surface area contributed by atoms with E-state index in [1.54, 1.807) is 24.4 Å². The molecule has 0 radical (unpaired) electrons. The van der Waals surface area contributed by atoms with Gasteiger partial charge < -0.3 is 15.2 Å². The lowest BCUT2D eigenvalue weighted by atomic mass is 9.91. The number of hydrogen-bond donors (Lipinski definition) is 3. The van der Waals surface area contributed by atoms with Gasteiger partial charge >= 0.3 is 0 Å². The molecule has 3 aromatic rings. The van der Waals surface area contributed by atoms with Gasteiger partial charge in [0.2, 0.25) is 0 Å². The van der Waals surface area contributed by atoms with Crippen LogP contribution in [0.4, 0.5) is 0 Å². The van der Waals surface area contributed by atoms with Gasteiger partial charge in [0.25, 0.3) is 11.8 Å². The number of aromatic hydroxyl groups is 1. The fourth-order valence-electron chi connectivity index (χ4n) is 3.40. The van der Waals surface area contributed by atoms with Crippen molar-refractivity contribution in [1.82, 2.24) is 10.6 Å². The molecule has 0 aliphatic carbocycles. The van der Waals surface area contributed by atoms with E-state index in [0.29, 0.717) is 29.0 Å². The van der Waals surface area contributed by atoms with Crippen LogP contribution in [0.2, 0.25) is 0 Å². The number of benzene rings is 3. The fourth-order valence-corrected chi connectivity index (χ4v) is 3.40. The standard InChI is InChI=1S/C24H20N2O4/c1-30-22-10-7-15(11-21(22)27)13-25-14-20-19-12-17(16-5-3-2-4-6-16)8-9-18(19)23(28)26-24(20)29/h2-12,14,25,27H,13H2,1H3,(H,26,28,29). The second-order valence-corrected chi connectivity index (χ2v) is 6.85. The molecule has 6 nitrogen and oxygen atoms in total. The summed E-state index contributed by atoms with van der Waals surface area (Å²) in [5, 5.41) is 15.4. The van der Waals surface area contributed by atoms with E-state index >= 15 is 0 Å². The maximum absolute atomic E-state index is 12.5. The van der Waals surface area contributed by atoms with E-state index in [2.05, 4.69) is 10.6 Å². The van der Waals surface area contributed by atoms with Crippen LogP contribution in [0.15, 0.2) is 72.9 Å². The predicted molar refractivity (Wildman–Crippen MR) is 114 cm³/mol. The van der Waals surface area contributed by atoms with E-state index in [9.17, 15) is 14.7 Å². The highest BCUT2D eigenvalue weighted by Gasteiger charge is 2.27. The minimum absolute atomic E-state index is 0.0447. The normalized spacial score (nSPS) is 14.2. The number of ether oxygens (including phenoxy) is 1. The number of methoxy groups -OCH3 is 1. The van der Waals surface area contributed by atoms with E-state index in [0.717, 1.165) is 16.7 Å². The van der Waals surface area contributed by atoms with E-state index < -0.39 is 11.8 Å². The van der Waals surface area contributed by atoms with Crippen LogP contribution in [0.25, 0.3) is 16.7 Å². The topological polar surface area (TPSA) is 87.7 Å². The van der Waals surface area contributed by atoms with Crippen molar-refractivity contribution in [2.24, 2.45) is 0 Å². The number of amides is 2. The zero-order valence-electron chi connectivity index (χ0n) is 16.3. The highest BCUT2D eigenvalue weighted by atomic mass is 16.5. The highest BCUT2D eigenvalue weighted by molar-refractivity contribution is 6.31. The molecule has 0 saturated carbocycles. The number of fused-ring (bicyclic) bond motifs is 1. The summed E-state index contributed by atoms with van der Waals surface area (Å²) in [5.74, 6) is -0.428. The van der Waals surface area contributed by atoms with Crippen molar-refractivity contribution in [3.63, 3.8) is 0 Å². The average Bonchev–Trinajstić information content (AvgIpc) is 2.76. The molecule has 150 valence electrons. The summed E-state index contributed by atoms with van der Waals surface area (Å²) < 4.78 is 5.04. The number of imide groups is 1. The van der Waals surface area contributed by atoms with Gasteiger partial charge in [-0.3, -0.25) is 14.9 Å². The Morgan fingerprint density at radius 3 is 2.47 bits per heavy atom. The summed E-state index contributed by atoms with van der Waals surface area (Å²) in [6.45, 7) is 0.385. The van der Waals surface area contributed by atoms with E-state index in [1.807, 2.05) is 48.5 Å². The van der Waals surface area contributed by atoms with E-state index in [1.165, 1.54) is 7.11 Å². The number of phenols is 1. The Kier molecular flexibility index (Phi) is 5.22. The first-order valence-corrected chi connectivity index (χ1v) is 9.42. The molecule has 4 rings (SSSR count). The van der Waals surface area contributed by atoms with Gasteiger partial charge in [0, 0.05) is 23.9 Å². The highest BCUT2D eigenvalue weighted by Crippen LogP contribution is 2.30. The van der Waals surface area contributed by atoms with Gasteiger partial charge in [-0.25, -0.2) is 0 Å². The van der Waals surface area contributed by atoms with Crippen molar-refractivity contribution in [2.45, 2.75) is 6.54 Å². The lowest BCUT2D eigenvalue weighted by molar-refractivity contribution is -0.114. The smallest absolute Gasteiger partial charge is 0.260 e. The molecule has 3 aromatic carbocycles. The Balaban J connectivity index is 1.63. The maximum atomic E-state index is 12.5. The zero-order valence-corrected chi connectivity index (χ0v) is 16.3. The van der Waals surface area contributed by atoms with Gasteiger partial charge in [-0.05, 0) is 41.0 Å². The molecule has 1 aliphatic rings. The third kappa shape index (κ3) is 3.75. The zero-order chi connectivity index (χ0) is 21.1. The number of phenolic OH excluding ortho intramolecular Hbond substituents is 1. The van der Waals surface area contributed by atoms with Gasteiger partial charge in [-0.1, -0.05) is 42.5 Å². The van der Waals surface area contributed by atoms with Gasteiger partial charge in [0.15, 0.2) is 11.5 Å². The third-order valence-electron chi connectivity index (χ3n) is 4.93. The lowest BCUT2D eigenvalue weighted by Gasteiger charge is -2.19. The second kappa shape index (κ2) is 8.13. The molecule has 2 amide bonds. The van der Waals surface area contributed by atoms with Crippen molar-refractivity contribution >= 4 is 17.4 Å². The van der Waals surface area contributed by atoms with E-state index in [4.69, 9.17) is 4.74 Å². The summed E-state index contributed by atoms with van der Waals surface area (Å²) in [6, 6.07) is 20.3. The fraction of sp³-hybridized carbons (Fsp3) is 0.0833. The van der Waals surface area contributed by atoms with Crippen LogP contribution in [-0.4, -0.2) is 24.0 Å². The first kappa shape index (κ1) is 19.3. The van der Waals surface area contributed by atoms with Crippen molar-refractivity contribution in [2.75, 3.05) is 7.11 Å². The summed E-state index contributed by atoms with van der Waals surface area (Å²) in [4.78, 5) is 24.8. The van der Waals surface area contributed by atoms with Gasteiger partial charge in [0.05, 0.1) is 12.7 Å². The first-order valence-electron chi connectivity index (χ1n) is 9.42. The SMILES string of the molecule is COc1ccc(CNC=C2C(=O)NC(=O)c3ccc(-c4ccccc4)cc32)cc1O. The number of nitrogens with one attached hydrogen (secondary N) is 2. The molecule has 6 heteroatoms. The van der Waals surface area contributed by atoms with Crippen LogP contribution in [0.5, 0.6) is 11.5 Å². The van der Waals surface area contributed by atoms with Gasteiger partial charge in [0.1, 0.15) is 0 Å².